The first-order valence-electron chi connectivity index (χ1n) is 11.8. The van der Waals surface area contributed by atoms with Crippen LogP contribution in [0.4, 0.5) is 39.5 Å². The number of hydrogen-bond donors (Lipinski definition) is 1. The molecule has 1 N–H and O–H groups in total. The number of rotatable bonds is 6. The molecule has 0 fully saturated rings. The summed E-state index contributed by atoms with van der Waals surface area (Å²) in [6.45, 7) is 0. The molecule has 41 heavy (non-hydrogen) atoms. The van der Waals surface area contributed by atoms with Crippen LogP contribution in [0, 0.1) is 0 Å². The first-order valence-corrected chi connectivity index (χ1v) is 11.8. The van der Waals surface area contributed by atoms with Crippen molar-refractivity contribution in [1.82, 2.24) is 10.3 Å². The smallest absolute Gasteiger partial charge is 0.337 e. The molecule has 214 valence electrons. The summed E-state index contributed by atoms with van der Waals surface area (Å²) in [5.41, 5.74) is -7.13. The van der Waals surface area contributed by atoms with Gasteiger partial charge in [-0.25, -0.2) is 0 Å². The number of carbonyl (C=O) groups excluding carboxylic acids is 1. The third kappa shape index (κ3) is 6.69. The van der Waals surface area contributed by atoms with Gasteiger partial charge in [0.05, 0.1) is 22.4 Å². The lowest BCUT2D eigenvalue weighted by molar-refractivity contribution is -0.143. The minimum absolute atomic E-state index is 0.000418. The van der Waals surface area contributed by atoms with Crippen molar-refractivity contribution in [1.29, 1.82) is 0 Å². The van der Waals surface area contributed by atoms with E-state index in [-0.39, 0.29) is 35.9 Å². The zero-order chi connectivity index (χ0) is 30.1. The highest BCUT2D eigenvalue weighted by molar-refractivity contribution is 5.95. The van der Waals surface area contributed by atoms with Gasteiger partial charge in [0.2, 0.25) is 0 Å². The van der Waals surface area contributed by atoms with E-state index in [1.165, 1.54) is 30.5 Å². The molecule has 3 aromatic carbocycles. The van der Waals surface area contributed by atoms with Gasteiger partial charge in [0.25, 0.3) is 5.91 Å². The predicted octanol–water partition coefficient (Wildman–Crippen LogP) is 8.05. The van der Waals surface area contributed by atoms with E-state index in [9.17, 15) is 44.3 Å². The Labute approximate surface area is 227 Å². The Morgan fingerprint density at radius 1 is 0.610 bits per heavy atom. The number of nitrogens with zero attached hydrogens (tertiary/aromatic N) is 1. The van der Waals surface area contributed by atoms with Crippen molar-refractivity contribution in [2.75, 3.05) is 0 Å². The maximum Gasteiger partial charge on any atom is 0.416 e. The number of benzene rings is 3. The zero-order valence-electron chi connectivity index (χ0n) is 20.7. The van der Waals surface area contributed by atoms with Crippen LogP contribution in [0.1, 0.15) is 43.9 Å². The quantitative estimate of drug-likeness (QED) is 0.234. The van der Waals surface area contributed by atoms with Crippen molar-refractivity contribution >= 4 is 5.91 Å². The maximum atomic E-state index is 13.7. The van der Waals surface area contributed by atoms with Gasteiger partial charge in [0.15, 0.2) is 0 Å². The van der Waals surface area contributed by atoms with Crippen LogP contribution in [0.15, 0.2) is 97.2 Å². The molecule has 1 amide bonds. The monoisotopic (exact) mass is 582 g/mol. The number of hydrogen-bond acceptors (Lipinski definition) is 2. The van der Waals surface area contributed by atoms with E-state index in [1.807, 2.05) is 0 Å². The summed E-state index contributed by atoms with van der Waals surface area (Å²) >= 11 is 0. The topological polar surface area (TPSA) is 42.0 Å². The molecule has 0 aliphatic heterocycles. The Kier molecular flexibility index (Phi) is 7.88. The van der Waals surface area contributed by atoms with E-state index in [2.05, 4.69) is 10.3 Å². The van der Waals surface area contributed by atoms with Crippen LogP contribution < -0.4 is 5.32 Å². The molecule has 0 spiro atoms. The van der Waals surface area contributed by atoms with Gasteiger partial charge in [-0.1, -0.05) is 48.5 Å². The van der Waals surface area contributed by atoms with E-state index >= 15 is 0 Å². The second-order valence-electron chi connectivity index (χ2n) is 9.11. The van der Waals surface area contributed by atoms with Crippen LogP contribution in [0.2, 0.25) is 0 Å². The van der Waals surface area contributed by atoms with E-state index in [0.29, 0.717) is 5.56 Å². The van der Waals surface area contributed by atoms with E-state index in [1.54, 1.807) is 30.3 Å². The van der Waals surface area contributed by atoms with Gasteiger partial charge in [0, 0.05) is 18.2 Å². The van der Waals surface area contributed by atoms with Gasteiger partial charge in [-0.2, -0.15) is 39.5 Å². The fourth-order valence-electron chi connectivity index (χ4n) is 4.35. The molecule has 1 heterocycles. The molecule has 1 unspecified atom stereocenters. The van der Waals surface area contributed by atoms with Crippen molar-refractivity contribution in [2.24, 2.45) is 0 Å². The Morgan fingerprint density at radius 2 is 1.15 bits per heavy atom. The van der Waals surface area contributed by atoms with E-state index in [4.69, 9.17) is 0 Å². The summed E-state index contributed by atoms with van der Waals surface area (Å²) in [6, 6.07) is 16.7. The summed E-state index contributed by atoms with van der Waals surface area (Å²) in [5, 5.41) is 2.46. The molecular formula is C29H19F9N2O. The van der Waals surface area contributed by atoms with Crippen molar-refractivity contribution in [3.8, 4) is 0 Å². The minimum atomic E-state index is -5.22. The SMILES string of the molecule is O=C(NC(Cc1ccccc1)(c1cccc(C(F)(F)F)c1)c1ccccn1)c1cc(C(F)(F)F)cc(C(F)(F)F)c1. The van der Waals surface area contributed by atoms with Crippen molar-refractivity contribution in [3.63, 3.8) is 0 Å². The highest BCUT2D eigenvalue weighted by Crippen LogP contribution is 2.39. The molecule has 0 aliphatic rings. The second-order valence-corrected chi connectivity index (χ2v) is 9.11. The molecule has 0 saturated carbocycles. The van der Waals surface area contributed by atoms with Crippen LogP contribution in [0.25, 0.3) is 0 Å². The lowest BCUT2D eigenvalue weighted by Crippen LogP contribution is -2.49. The van der Waals surface area contributed by atoms with Crippen molar-refractivity contribution in [3.05, 3.63) is 136 Å². The number of amides is 1. The van der Waals surface area contributed by atoms with Crippen molar-refractivity contribution in [2.45, 2.75) is 30.5 Å². The fourth-order valence-corrected chi connectivity index (χ4v) is 4.35. The van der Waals surface area contributed by atoms with Gasteiger partial charge in [-0.05, 0) is 53.6 Å². The molecule has 1 aromatic heterocycles. The Morgan fingerprint density at radius 3 is 1.68 bits per heavy atom. The largest absolute Gasteiger partial charge is 0.416 e. The number of halogens is 9. The van der Waals surface area contributed by atoms with Gasteiger partial charge < -0.3 is 5.32 Å². The van der Waals surface area contributed by atoms with Crippen molar-refractivity contribution < 1.29 is 44.3 Å². The molecule has 12 heteroatoms. The van der Waals surface area contributed by atoms with Gasteiger partial charge in [-0.3, -0.25) is 9.78 Å². The number of aromatic nitrogens is 1. The Balaban J connectivity index is 1.96. The van der Waals surface area contributed by atoms with Gasteiger partial charge in [0.1, 0.15) is 5.54 Å². The van der Waals surface area contributed by atoms with Gasteiger partial charge in [-0.15, -0.1) is 0 Å². The lowest BCUT2D eigenvalue weighted by atomic mass is 9.79. The number of alkyl halides is 9. The third-order valence-corrected chi connectivity index (χ3v) is 6.27. The molecule has 0 aliphatic carbocycles. The summed E-state index contributed by atoms with van der Waals surface area (Å²) in [7, 11) is 0. The van der Waals surface area contributed by atoms with Crippen LogP contribution in [-0.4, -0.2) is 10.9 Å². The third-order valence-electron chi connectivity index (χ3n) is 6.27. The minimum Gasteiger partial charge on any atom is -0.337 e. The Bertz CT molecular complexity index is 1480. The van der Waals surface area contributed by atoms with Crippen LogP contribution in [-0.2, 0) is 30.5 Å². The second kappa shape index (κ2) is 10.9. The maximum absolute atomic E-state index is 13.7. The highest BCUT2D eigenvalue weighted by Gasteiger charge is 2.42. The van der Waals surface area contributed by atoms with Gasteiger partial charge >= 0.3 is 18.5 Å². The molecule has 4 aromatic rings. The molecule has 0 saturated heterocycles. The lowest BCUT2D eigenvalue weighted by Gasteiger charge is -2.36. The summed E-state index contributed by atoms with van der Waals surface area (Å²) in [4.78, 5) is 17.8. The molecular weight excluding hydrogens is 563 g/mol. The highest BCUT2D eigenvalue weighted by atomic mass is 19.4. The van der Waals surface area contributed by atoms with Crippen LogP contribution >= 0.6 is 0 Å². The van der Waals surface area contributed by atoms with Crippen LogP contribution in [0.3, 0.4) is 0 Å². The zero-order valence-corrected chi connectivity index (χ0v) is 20.7. The normalized spacial score (nSPS) is 13.9. The Hall–Kier alpha value is -4.35. The summed E-state index contributed by atoms with van der Waals surface area (Å²) in [5.74, 6) is -1.39. The standard InChI is InChI=1S/C29H19F9N2O/c30-27(31,32)21-10-6-9-20(15-21)26(24-11-4-5-12-39-24,17-18-7-2-1-3-8-18)40-25(41)19-13-22(28(33,34)35)16-23(14-19)29(36,37)38/h1-16H,17H2,(H,40,41). The molecule has 0 bridgehead atoms. The molecule has 3 nitrogen and oxygen atoms in total. The first kappa shape index (κ1) is 29.6. The van der Waals surface area contributed by atoms with E-state index < -0.39 is 52.2 Å². The number of nitrogens with one attached hydrogen (secondary N) is 1. The average molecular weight is 582 g/mol. The van der Waals surface area contributed by atoms with E-state index in [0.717, 1.165) is 18.2 Å². The summed E-state index contributed by atoms with van der Waals surface area (Å²) < 4.78 is 122. The summed E-state index contributed by atoms with van der Waals surface area (Å²) in [6.07, 6.45) is -14.2. The van der Waals surface area contributed by atoms with Crippen LogP contribution in [0.5, 0.6) is 0 Å². The predicted molar refractivity (Wildman–Crippen MR) is 131 cm³/mol. The molecule has 1 atom stereocenters. The number of pyridine rings is 1. The molecule has 0 radical (unpaired) electrons. The fraction of sp³-hybridized carbons (Fsp3) is 0.172. The number of carbonyl (C=O) groups is 1. The first-order chi connectivity index (χ1) is 19.1. The molecule has 4 rings (SSSR count). The average Bonchev–Trinajstić information content (AvgIpc) is 2.92.